The van der Waals surface area contributed by atoms with Crippen LogP contribution in [0.1, 0.15) is 0 Å². The molecule has 0 aromatic rings. The van der Waals surface area contributed by atoms with Crippen LogP contribution in [0, 0.1) is 0 Å². The van der Waals surface area contributed by atoms with Crippen molar-refractivity contribution in [1.82, 2.24) is 5.32 Å². The van der Waals surface area contributed by atoms with Gasteiger partial charge in [-0.15, -0.1) is 0 Å². The van der Waals surface area contributed by atoms with E-state index >= 15 is 0 Å². The van der Waals surface area contributed by atoms with Gasteiger partial charge in [-0.05, 0) is 0 Å². The van der Waals surface area contributed by atoms with Gasteiger partial charge in [0.05, 0.1) is 6.61 Å². The van der Waals surface area contributed by atoms with E-state index in [2.05, 4.69) is 10.1 Å². The first kappa shape index (κ1) is 7.39. The monoisotopic (exact) mass is 119 g/mol. The van der Waals surface area contributed by atoms with E-state index in [1.54, 1.807) is 0 Å². The van der Waals surface area contributed by atoms with Gasteiger partial charge < -0.3 is 15.2 Å². The minimum atomic E-state index is -0.563. The van der Waals surface area contributed by atoms with Crippen molar-refractivity contribution in [3.05, 3.63) is 0 Å². The Bertz CT molecular complexity index is 62.3. The molecule has 1 unspecified atom stereocenters. The zero-order chi connectivity index (χ0) is 6.41. The molecule has 2 N–H and O–H groups in total. The zero-order valence-electron chi connectivity index (χ0n) is 4.63. The quantitative estimate of drug-likeness (QED) is 0.357. The van der Waals surface area contributed by atoms with Crippen LogP contribution in [-0.4, -0.2) is 31.5 Å². The molecule has 4 heteroatoms. The van der Waals surface area contributed by atoms with E-state index in [0.717, 1.165) is 0 Å². The first-order chi connectivity index (χ1) is 3.85. The Morgan fingerprint density at radius 2 is 2.62 bits per heavy atom. The number of ether oxygens (including phenoxy) is 1. The Kier molecular flexibility index (Phi) is 4.20. The molecule has 0 aliphatic heterocycles. The molecule has 0 aromatic heterocycles. The van der Waals surface area contributed by atoms with Crippen LogP contribution < -0.4 is 5.32 Å². The fourth-order valence-corrected chi connectivity index (χ4v) is 0.271. The first-order valence-corrected chi connectivity index (χ1v) is 2.18. The summed E-state index contributed by atoms with van der Waals surface area (Å²) < 4.78 is 4.55. The molecule has 0 spiro atoms. The van der Waals surface area contributed by atoms with E-state index in [0.29, 0.717) is 6.41 Å². The van der Waals surface area contributed by atoms with Gasteiger partial charge in [-0.25, -0.2) is 0 Å². The van der Waals surface area contributed by atoms with Gasteiger partial charge in [0.2, 0.25) is 6.41 Å². The summed E-state index contributed by atoms with van der Waals surface area (Å²) in [5.74, 6) is 0. The molecule has 1 amide bonds. The van der Waals surface area contributed by atoms with Crippen LogP contribution in [0.2, 0.25) is 0 Å². The van der Waals surface area contributed by atoms with Crippen molar-refractivity contribution in [1.29, 1.82) is 0 Å². The van der Waals surface area contributed by atoms with Gasteiger partial charge in [0.15, 0.2) is 6.23 Å². The third kappa shape index (κ3) is 2.54. The Balaban J connectivity index is 3.20. The molecule has 8 heavy (non-hydrogen) atoms. The number of aliphatic hydroxyl groups is 1. The van der Waals surface area contributed by atoms with E-state index < -0.39 is 6.23 Å². The number of hydrogen-bond acceptors (Lipinski definition) is 3. The van der Waals surface area contributed by atoms with E-state index in [-0.39, 0.29) is 6.61 Å². The largest absolute Gasteiger partial charge is 0.392 e. The van der Waals surface area contributed by atoms with Crippen LogP contribution >= 0.6 is 0 Å². The van der Waals surface area contributed by atoms with Gasteiger partial charge in [-0.2, -0.15) is 0 Å². The number of hydrogen-bond donors (Lipinski definition) is 2. The molecule has 0 saturated carbocycles. The van der Waals surface area contributed by atoms with Crippen molar-refractivity contribution >= 4 is 6.41 Å². The second-order valence-corrected chi connectivity index (χ2v) is 1.19. The van der Waals surface area contributed by atoms with Crippen LogP contribution in [0.15, 0.2) is 0 Å². The zero-order valence-corrected chi connectivity index (χ0v) is 4.63. The molecular formula is C4H9NO3. The minimum absolute atomic E-state index is 0.199. The lowest BCUT2D eigenvalue weighted by atomic mass is 10.6. The number of carbonyl (C=O) groups is 1. The molecule has 1 atom stereocenters. The van der Waals surface area contributed by atoms with Crippen LogP contribution in [0.25, 0.3) is 0 Å². The summed E-state index contributed by atoms with van der Waals surface area (Å²) in [5.41, 5.74) is 0. The van der Waals surface area contributed by atoms with Crippen molar-refractivity contribution in [2.45, 2.75) is 6.23 Å². The lowest BCUT2D eigenvalue weighted by Crippen LogP contribution is -2.32. The molecule has 0 aromatic carbocycles. The maximum Gasteiger partial charge on any atom is 0.209 e. The Labute approximate surface area is 47.5 Å². The van der Waals surface area contributed by atoms with Gasteiger partial charge in [0.25, 0.3) is 0 Å². The highest BCUT2D eigenvalue weighted by Gasteiger charge is 1.98. The van der Waals surface area contributed by atoms with Crippen LogP contribution in [-0.2, 0) is 9.53 Å². The first-order valence-electron chi connectivity index (χ1n) is 2.18. The molecule has 0 rings (SSSR count). The highest BCUT2D eigenvalue weighted by atomic mass is 16.5. The van der Waals surface area contributed by atoms with Crippen molar-refractivity contribution in [3.63, 3.8) is 0 Å². The highest BCUT2D eigenvalue weighted by Crippen LogP contribution is 1.76. The van der Waals surface area contributed by atoms with E-state index in [1.807, 2.05) is 0 Å². The maximum absolute atomic E-state index is 9.63. The summed E-state index contributed by atoms with van der Waals surface area (Å²) in [5, 5.41) is 10.5. The highest BCUT2D eigenvalue weighted by molar-refractivity contribution is 5.46. The third-order valence-electron chi connectivity index (χ3n) is 0.704. The van der Waals surface area contributed by atoms with Crippen molar-refractivity contribution < 1.29 is 14.6 Å². The van der Waals surface area contributed by atoms with Crippen LogP contribution in [0.3, 0.4) is 0 Å². The van der Waals surface area contributed by atoms with Gasteiger partial charge >= 0.3 is 0 Å². The fraction of sp³-hybridized carbons (Fsp3) is 0.750. The van der Waals surface area contributed by atoms with Crippen molar-refractivity contribution in [2.24, 2.45) is 0 Å². The number of amides is 1. The Morgan fingerprint density at radius 1 is 2.00 bits per heavy atom. The number of methoxy groups -OCH3 is 1. The van der Waals surface area contributed by atoms with Crippen LogP contribution in [0.5, 0.6) is 0 Å². The summed E-state index contributed by atoms with van der Waals surface area (Å²) in [6.45, 7) is -0.199. The lowest BCUT2D eigenvalue weighted by molar-refractivity contribution is -0.113. The summed E-state index contributed by atoms with van der Waals surface area (Å²) in [4.78, 5) is 9.63. The fourth-order valence-electron chi connectivity index (χ4n) is 0.271. The molecule has 0 heterocycles. The topological polar surface area (TPSA) is 58.6 Å². The minimum Gasteiger partial charge on any atom is -0.392 e. The van der Waals surface area contributed by atoms with Gasteiger partial charge in [0.1, 0.15) is 0 Å². The van der Waals surface area contributed by atoms with Crippen molar-refractivity contribution in [2.75, 3.05) is 13.7 Å². The SMILES string of the molecule is COC(CO)NC=O. The number of carbonyl (C=O) groups excluding carboxylic acids is 1. The summed E-state index contributed by atoms with van der Waals surface area (Å²) in [6.07, 6.45) is -0.0859. The standard InChI is InChI=1S/C4H9NO3/c1-8-4(2-6)5-3-7/h3-4,6H,2H2,1H3,(H,5,7). The second-order valence-electron chi connectivity index (χ2n) is 1.19. The summed E-state index contributed by atoms with van der Waals surface area (Å²) in [6, 6.07) is 0. The molecule has 48 valence electrons. The van der Waals surface area contributed by atoms with Crippen LogP contribution in [0.4, 0.5) is 0 Å². The van der Waals surface area contributed by atoms with E-state index in [9.17, 15) is 4.79 Å². The van der Waals surface area contributed by atoms with Gasteiger partial charge in [0, 0.05) is 7.11 Å². The Morgan fingerprint density at radius 3 is 2.75 bits per heavy atom. The molecule has 0 saturated heterocycles. The van der Waals surface area contributed by atoms with Gasteiger partial charge in [-0.1, -0.05) is 0 Å². The van der Waals surface area contributed by atoms with Crippen molar-refractivity contribution in [3.8, 4) is 0 Å². The molecule has 0 bridgehead atoms. The predicted molar refractivity (Wildman–Crippen MR) is 27.1 cm³/mol. The third-order valence-corrected chi connectivity index (χ3v) is 0.704. The molecule has 0 fully saturated rings. The lowest BCUT2D eigenvalue weighted by Gasteiger charge is -2.08. The molecule has 0 radical (unpaired) electrons. The second kappa shape index (κ2) is 4.55. The molecule has 0 aliphatic carbocycles. The number of aliphatic hydroxyl groups excluding tert-OH is 1. The average Bonchev–Trinajstić information content (AvgIpc) is 1.83. The Hall–Kier alpha value is -0.610. The molecule has 4 nitrogen and oxygen atoms in total. The number of nitrogens with one attached hydrogen (secondary N) is 1. The maximum atomic E-state index is 9.63. The smallest absolute Gasteiger partial charge is 0.209 e. The molecular weight excluding hydrogens is 110 g/mol. The van der Waals surface area contributed by atoms with Gasteiger partial charge in [-0.3, -0.25) is 4.79 Å². The van der Waals surface area contributed by atoms with E-state index in [4.69, 9.17) is 5.11 Å². The predicted octanol–water partition coefficient (Wildman–Crippen LogP) is -1.30. The normalized spacial score (nSPS) is 12.8. The summed E-state index contributed by atoms with van der Waals surface area (Å²) in [7, 11) is 1.40. The van der Waals surface area contributed by atoms with E-state index in [1.165, 1.54) is 7.11 Å². The number of rotatable bonds is 4. The average molecular weight is 119 g/mol. The molecule has 0 aliphatic rings. The summed E-state index contributed by atoms with van der Waals surface area (Å²) >= 11 is 0.